The van der Waals surface area contributed by atoms with E-state index >= 15 is 0 Å². The van der Waals surface area contributed by atoms with Gasteiger partial charge in [-0.2, -0.15) is 0 Å². The van der Waals surface area contributed by atoms with Gasteiger partial charge < -0.3 is 4.74 Å². The van der Waals surface area contributed by atoms with E-state index in [0.29, 0.717) is 5.69 Å². The highest BCUT2D eigenvalue weighted by Gasteiger charge is 2.28. The summed E-state index contributed by atoms with van der Waals surface area (Å²) in [4.78, 5) is 26.6. The zero-order valence-corrected chi connectivity index (χ0v) is 8.84. The van der Waals surface area contributed by atoms with Gasteiger partial charge in [-0.25, -0.2) is 4.98 Å². The highest BCUT2D eigenvalue weighted by Crippen LogP contribution is 2.18. The van der Waals surface area contributed by atoms with Crippen LogP contribution in [0.3, 0.4) is 0 Å². The van der Waals surface area contributed by atoms with Gasteiger partial charge in [0.1, 0.15) is 5.78 Å². The molecule has 0 aliphatic heterocycles. The lowest BCUT2D eigenvalue weighted by Gasteiger charge is -2.09. The average molecular weight is 213 g/mol. The van der Waals surface area contributed by atoms with Gasteiger partial charge in [0.2, 0.25) is 0 Å². The maximum Gasteiger partial charge on any atom is 0.322 e. The van der Waals surface area contributed by atoms with Crippen molar-refractivity contribution in [2.45, 2.75) is 19.8 Å². The molecule has 0 amide bonds. The van der Waals surface area contributed by atoms with Gasteiger partial charge in [0.05, 0.1) is 17.8 Å². The first-order chi connectivity index (χ1) is 6.66. The summed E-state index contributed by atoms with van der Waals surface area (Å²) in [6.07, 6.45) is 0. The number of carbonyl (C=O) groups excluding carboxylic acids is 2. The topological polar surface area (TPSA) is 56.3 Å². The maximum atomic E-state index is 11.4. The standard InChI is InChI=1S/C9H11NO3S/c1-3-13-9(12)8(6(2)11)7-4-14-5-10-7/h4-5,8H,3H2,1-2H3. The van der Waals surface area contributed by atoms with Crippen molar-refractivity contribution in [1.29, 1.82) is 0 Å². The molecule has 5 heteroatoms. The van der Waals surface area contributed by atoms with Gasteiger partial charge >= 0.3 is 5.97 Å². The lowest BCUT2D eigenvalue weighted by Crippen LogP contribution is -2.22. The van der Waals surface area contributed by atoms with Crippen molar-refractivity contribution in [1.82, 2.24) is 4.98 Å². The Balaban J connectivity index is 2.85. The summed E-state index contributed by atoms with van der Waals surface area (Å²) in [6, 6.07) is 0. The fourth-order valence-electron chi connectivity index (χ4n) is 1.08. The van der Waals surface area contributed by atoms with E-state index in [9.17, 15) is 9.59 Å². The normalized spacial score (nSPS) is 12.1. The highest BCUT2D eigenvalue weighted by molar-refractivity contribution is 7.07. The first-order valence-corrected chi connectivity index (χ1v) is 5.16. The van der Waals surface area contributed by atoms with E-state index in [1.54, 1.807) is 17.8 Å². The number of esters is 1. The highest BCUT2D eigenvalue weighted by atomic mass is 32.1. The first-order valence-electron chi connectivity index (χ1n) is 4.22. The molecule has 0 fully saturated rings. The number of ketones is 1. The molecule has 4 nitrogen and oxygen atoms in total. The Labute approximate surface area is 85.9 Å². The zero-order chi connectivity index (χ0) is 10.6. The molecule has 0 N–H and O–H groups in total. The van der Waals surface area contributed by atoms with Gasteiger partial charge in [0.15, 0.2) is 5.92 Å². The molecule has 0 radical (unpaired) electrons. The van der Waals surface area contributed by atoms with Crippen molar-refractivity contribution < 1.29 is 14.3 Å². The number of Topliss-reactive ketones (excluding diaryl/α,β-unsaturated/α-hetero) is 1. The molecule has 1 rings (SSSR count). The van der Waals surface area contributed by atoms with Crippen LogP contribution in [0.15, 0.2) is 10.9 Å². The SMILES string of the molecule is CCOC(=O)C(C(C)=O)c1cscn1. The molecule has 76 valence electrons. The smallest absolute Gasteiger partial charge is 0.322 e. The quantitative estimate of drug-likeness (QED) is 0.560. The average Bonchev–Trinajstić information content (AvgIpc) is 2.57. The Bertz CT molecular complexity index is 321. The zero-order valence-electron chi connectivity index (χ0n) is 8.02. The van der Waals surface area contributed by atoms with Crippen molar-refractivity contribution >= 4 is 23.1 Å². The van der Waals surface area contributed by atoms with E-state index in [1.165, 1.54) is 18.3 Å². The predicted molar refractivity (Wildman–Crippen MR) is 52.2 cm³/mol. The first kappa shape index (κ1) is 10.8. The molecule has 1 aromatic rings. The number of hydrogen-bond acceptors (Lipinski definition) is 5. The number of rotatable bonds is 4. The van der Waals surface area contributed by atoms with Crippen molar-refractivity contribution in [3.05, 3.63) is 16.6 Å². The fraction of sp³-hybridized carbons (Fsp3) is 0.444. The van der Waals surface area contributed by atoms with Crippen LogP contribution in [0.25, 0.3) is 0 Å². The van der Waals surface area contributed by atoms with Gasteiger partial charge in [0, 0.05) is 5.38 Å². The lowest BCUT2D eigenvalue weighted by molar-refractivity contribution is -0.147. The second-order valence-corrected chi connectivity index (χ2v) is 3.43. The monoisotopic (exact) mass is 213 g/mol. The Morgan fingerprint density at radius 1 is 1.64 bits per heavy atom. The molecule has 1 atom stereocenters. The third kappa shape index (κ3) is 2.38. The fourth-order valence-corrected chi connectivity index (χ4v) is 1.66. The minimum absolute atomic E-state index is 0.241. The number of hydrogen-bond donors (Lipinski definition) is 0. The van der Waals surface area contributed by atoms with E-state index in [2.05, 4.69) is 4.98 Å². The number of aromatic nitrogens is 1. The van der Waals surface area contributed by atoms with Crippen molar-refractivity contribution in [3.63, 3.8) is 0 Å². The van der Waals surface area contributed by atoms with Crippen LogP contribution in [0.2, 0.25) is 0 Å². The molecule has 0 bridgehead atoms. The third-order valence-corrected chi connectivity index (χ3v) is 2.28. The van der Waals surface area contributed by atoms with Crippen LogP contribution in [0, 0.1) is 0 Å². The minimum Gasteiger partial charge on any atom is -0.465 e. The van der Waals surface area contributed by atoms with Crippen molar-refractivity contribution in [2.75, 3.05) is 6.61 Å². The molecular formula is C9H11NO3S. The predicted octanol–water partition coefficient (Wildman–Crippen LogP) is 1.38. The van der Waals surface area contributed by atoms with Crippen LogP contribution in [0.1, 0.15) is 25.5 Å². The van der Waals surface area contributed by atoms with Crippen LogP contribution in [0.5, 0.6) is 0 Å². The summed E-state index contributed by atoms with van der Waals surface area (Å²) >= 11 is 1.35. The van der Waals surface area contributed by atoms with Gasteiger partial charge in [-0.15, -0.1) is 11.3 Å². The van der Waals surface area contributed by atoms with Crippen LogP contribution < -0.4 is 0 Å². The molecule has 14 heavy (non-hydrogen) atoms. The van der Waals surface area contributed by atoms with E-state index in [1.807, 2.05) is 0 Å². The van der Waals surface area contributed by atoms with E-state index in [4.69, 9.17) is 4.74 Å². The van der Waals surface area contributed by atoms with Crippen LogP contribution in [0.4, 0.5) is 0 Å². The largest absolute Gasteiger partial charge is 0.465 e. The molecule has 0 spiro atoms. The summed E-state index contributed by atoms with van der Waals surface area (Å²) in [5.41, 5.74) is 2.06. The number of nitrogens with zero attached hydrogens (tertiary/aromatic N) is 1. The van der Waals surface area contributed by atoms with Gasteiger partial charge in [-0.1, -0.05) is 0 Å². The lowest BCUT2D eigenvalue weighted by atomic mass is 10.0. The van der Waals surface area contributed by atoms with Crippen LogP contribution in [-0.2, 0) is 14.3 Å². The Hall–Kier alpha value is -1.23. The molecule has 0 saturated carbocycles. The molecule has 0 aliphatic rings. The van der Waals surface area contributed by atoms with Gasteiger partial charge in [-0.05, 0) is 13.8 Å². The molecule has 0 aromatic carbocycles. The Morgan fingerprint density at radius 2 is 2.36 bits per heavy atom. The number of thiazole rings is 1. The maximum absolute atomic E-state index is 11.4. The number of ether oxygens (including phenoxy) is 1. The van der Waals surface area contributed by atoms with E-state index in [0.717, 1.165) is 0 Å². The number of carbonyl (C=O) groups is 2. The van der Waals surface area contributed by atoms with Gasteiger partial charge in [0.25, 0.3) is 0 Å². The molecule has 1 heterocycles. The molecular weight excluding hydrogens is 202 g/mol. The second kappa shape index (κ2) is 4.85. The summed E-state index contributed by atoms with van der Waals surface area (Å²) in [5, 5.41) is 1.68. The second-order valence-electron chi connectivity index (χ2n) is 2.71. The van der Waals surface area contributed by atoms with E-state index < -0.39 is 11.9 Å². The van der Waals surface area contributed by atoms with E-state index in [-0.39, 0.29) is 12.4 Å². The van der Waals surface area contributed by atoms with Crippen LogP contribution in [-0.4, -0.2) is 23.3 Å². The molecule has 0 aliphatic carbocycles. The summed E-state index contributed by atoms with van der Waals surface area (Å²) in [5.74, 6) is -1.62. The Morgan fingerprint density at radius 3 is 2.79 bits per heavy atom. The molecule has 1 aromatic heterocycles. The van der Waals surface area contributed by atoms with Crippen molar-refractivity contribution in [3.8, 4) is 0 Å². The van der Waals surface area contributed by atoms with Crippen molar-refractivity contribution in [2.24, 2.45) is 0 Å². The van der Waals surface area contributed by atoms with Crippen LogP contribution >= 0.6 is 11.3 Å². The minimum atomic E-state index is -0.860. The Kier molecular flexibility index (Phi) is 3.76. The summed E-state index contributed by atoms with van der Waals surface area (Å²) in [6.45, 7) is 3.34. The van der Waals surface area contributed by atoms with Gasteiger partial charge in [-0.3, -0.25) is 9.59 Å². The third-order valence-electron chi connectivity index (χ3n) is 1.68. The summed E-state index contributed by atoms with van der Waals surface area (Å²) in [7, 11) is 0. The molecule has 0 saturated heterocycles. The molecule has 1 unspecified atom stereocenters. The summed E-state index contributed by atoms with van der Waals surface area (Å²) < 4.78 is 4.79.